The van der Waals surface area contributed by atoms with Crippen molar-refractivity contribution in [2.75, 3.05) is 34.3 Å². The molecule has 2 aromatic carbocycles. The number of likely N-dealkylation sites (N-methyl/N-ethyl adjacent to an activating group) is 1. The average Bonchev–Trinajstić information content (AvgIpc) is 2.77. The Morgan fingerprint density at radius 1 is 1.03 bits per heavy atom. The molecule has 0 saturated heterocycles. The number of rotatable bonds is 9. The van der Waals surface area contributed by atoms with Gasteiger partial charge in [-0.1, -0.05) is 49.4 Å². The number of carbonyl (C=O) groups excluding carboxylic acids is 1. The van der Waals surface area contributed by atoms with E-state index < -0.39 is 0 Å². The Balaban J connectivity index is 0.00000480. The van der Waals surface area contributed by atoms with Crippen molar-refractivity contribution in [2.24, 2.45) is 4.99 Å². The van der Waals surface area contributed by atoms with Crippen LogP contribution in [0.5, 0.6) is 5.75 Å². The number of halogens is 1. The van der Waals surface area contributed by atoms with Crippen molar-refractivity contribution in [2.45, 2.75) is 32.2 Å². The monoisotopic (exact) mass is 538 g/mol. The summed E-state index contributed by atoms with van der Waals surface area (Å²) in [6, 6.07) is 18.4. The Hall–Kier alpha value is -2.29. The van der Waals surface area contributed by atoms with E-state index in [9.17, 15) is 4.79 Å². The molecule has 0 aliphatic heterocycles. The highest BCUT2D eigenvalue weighted by Gasteiger charge is 2.11. The van der Waals surface area contributed by atoms with Crippen molar-refractivity contribution in [1.82, 2.24) is 15.5 Å². The van der Waals surface area contributed by atoms with Gasteiger partial charge in [-0.25, -0.2) is 4.99 Å². The molecule has 0 saturated carbocycles. The molecular weight excluding hydrogens is 503 g/mol. The van der Waals surface area contributed by atoms with E-state index in [0.717, 1.165) is 24.3 Å². The van der Waals surface area contributed by atoms with Crippen LogP contribution in [0.2, 0.25) is 0 Å². The summed E-state index contributed by atoms with van der Waals surface area (Å²) in [5.74, 6) is 1.86. The van der Waals surface area contributed by atoms with Crippen LogP contribution in [0, 0.1) is 0 Å². The minimum atomic E-state index is -0.0323. The summed E-state index contributed by atoms with van der Waals surface area (Å²) < 4.78 is 5.23. The molecule has 2 atom stereocenters. The van der Waals surface area contributed by atoms with E-state index in [4.69, 9.17) is 4.74 Å². The minimum Gasteiger partial charge on any atom is -0.497 e. The van der Waals surface area contributed by atoms with E-state index in [1.165, 1.54) is 5.56 Å². The number of hydrogen-bond acceptors (Lipinski definition) is 3. The number of guanidine groups is 1. The van der Waals surface area contributed by atoms with E-state index in [2.05, 4.69) is 53.7 Å². The second-order valence-corrected chi connectivity index (χ2v) is 7.62. The highest BCUT2D eigenvalue weighted by Crippen LogP contribution is 2.21. The SMILES string of the molecule is COc1ccc(C(C)CCNC(=NCC(=O)N(C)C)NC(C)c2ccccc2)cc1.I. The Kier molecular flexibility index (Phi) is 12.0. The van der Waals surface area contributed by atoms with Crippen LogP contribution >= 0.6 is 24.0 Å². The number of carbonyl (C=O) groups is 1. The van der Waals surface area contributed by atoms with Gasteiger partial charge in [0, 0.05) is 20.6 Å². The lowest BCUT2D eigenvalue weighted by Crippen LogP contribution is -2.40. The van der Waals surface area contributed by atoms with Gasteiger partial charge in [0.1, 0.15) is 12.3 Å². The number of amides is 1. The first-order chi connectivity index (χ1) is 14.4. The molecule has 1 amide bonds. The molecule has 7 heteroatoms. The van der Waals surface area contributed by atoms with Gasteiger partial charge >= 0.3 is 0 Å². The van der Waals surface area contributed by atoms with Crippen LogP contribution < -0.4 is 15.4 Å². The molecule has 31 heavy (non-hydrogen) atoms. The van der Waals surface area contributed by atoms with E-state index >= 15 is 0 Å². The first kappa shape index (κ1) is 26.7. The van der Waals surface area contributed by atoms with Crippen LogP contribution in [0.15, 0.2) is 59.6 Å². The first-order valence-electron chi connectivity index (χ1n) is 10.3. The van der Waals surface area contributed by atoms with E-state index in [-0.39, 0.29) is 42.5 Å². The van der Waals surface area contributed by atoms with Gasteiger partial charge in [0.15, 0.2) is 5.96 Å². The molecule has 0 aliphatic rings. The average molecular weight is 538 g/mol. The lowest BCUT2D eigenvalue weighted by atomic mass is 9.98. The van der Waals surface area contributed by atoms with E-state index in [0.29, 0.717) is 11.9 Å². The van der Waals surface area contributed by atoms with Gasteiger partial charge in [-0.3, -0.25) is 4.79 Å². The summed E-state index contributed by atoms with van der Waals surface area (Å²) in [5.41, 5.74) is 2.43. The van der Waals surface area contributed by atoms with Crippen molar-refractivity contribution in [3.05, 3.63) is 65.7 Å². The van der Waals surface area contributed by atoms with Crippen molar-refractivity contribution in [1.29, 1.82) is 0 Å². The molecule has 2 rings (SSSR count). The van der Waals surface area contributed by atoms with Crippen molar-refractivity contribution in [3.63, 3.8) is 0 Å². The van der Waals surface area contributed by atoms with E-state index in [1.807, 2.05) is 30.3 Å². The Morgan fingerprint density at radius 3 is 2.26 bits per heavy atom. The second-order valence-electron chi connectivity index (χ2n) is 7.62. The van der Waals surface area contributed by atoms with Crippen LogP contribution in [0.3, 0.4) is 0 Å². The zero-order valence-corrected chi connectivity index (χ0v) is 21.4. The fourth-order valence-corrected chi connectivity index (χ4v) is 2.98. The maximum Gasteiger partial charge on any atom is 0.243 e. The summed E-state index contributed by atoms with van der Waals surface area (Å²) in [5, 5.41) is 6.79. The molecular formula is C24H35IN4O2. The Bertz CT molecular complexity index is 810. The van der Waals surface area contributed by atoms with Crippen LogP contribution in [-0.2, 0) is 4.79 Å². The summed E-state index contributed by atoms with van der Waals surface area (Å²) in [6.45, 7) is 5.14. The van der Waals surface area contributed by atoms with Crippen LogP contribution in [-0.4, -0.2) is 51.1 Å². The third kappa shape index (κ3) is 9.16. The maximum absolute atomic E-state index is 12.0. The molecule has 2 unspecified atom stereocenters. The van der Waals surface area contributed by atoms with E-state index in [1.54, 1.807) is 26.1 Å². The van der Waals surface area contributed by atoms with Crippen molar-refractivity contribution >= 4 is 35.8 Å². The molecule has 0 fully saturated rings. The quantitative estimate of drug-likeness (QED) is 0.286. The summed E-state index contributed by atoms with van der Waals surface area (Å²) in [7, 11) is 5.15. The highest BCUT2D eigenvalue weighted by molar-refractivity contribution is 14.0. The minimum absolute atomic E-state index is 0. The molecule has 2 aromatic rings. The summed E-state index contributed by atoms with van der Waals surface area (Å²) >= 11 is 0. The number of methoxy groups -OCH3 is 1. The second kappa shape index (κ2) is 13.9. The molecule has 0 bridgehead atoms. The lowest BCUT2D eigenvalue weighted by Gasteiger charge is -2.20. The van der Waals surface area contributed by atoms with Gasteiger partial charge in [0.2, 0.25) is 5.91 Å². The third-order valence-electron chi connectivity index (χ3n) is 5.08. The predicted molar refractivity (Wildman–Crippen MR) is 138 cm³/mol. The number of nitrogens with one attached hydrogen (secondary N) is 2. The van der Waals surface area contributed by atoms with Gasteiger partial charge < -0.3 is 20.3 Å². The summed E-state index contributed by atoms with van der Waals surface area (Å²) in [6.07, 6.45) is 0.939. The zero-order chi connectivity index (χ0) is 21.9. The molecule has 2 N–H and O–H groups in total. The van der Waals surface area contributed by atoms with Gasteiger partial charge in [-0.05, 0) is 42.5 Å². The van der Waals surface area contributed by atoms with Crippen LogP contribution in [0.25, 0.3) is 0 Å². The first-order valence-corrected chi connectivity index (χ1v) is 10.3. The molecule has 0 aliphatic carbocycles. The lowest BCUT2D eigenvalue weighted by molar-refractivity contribution is -0.127. The smallest absolute Gasteiger partial charge is 0.243 e. The highest BCUT2D eigenvalue weighted by atomic mass is 127. The Labute approximate surface area is 203 Å². The van der Waals surface area contributed by atoms with Gasteiger partial charge in [0.25, 0.3) is 0 Å². The van der Waals surface area contributed by atoms with Gasteiger partial charge in [0.05, 0.1) is 13.2 Å². The van der Waals surface area contributed by atoms with Crippen LogP contribution in [0.4, 0.5) is 0 Å². The zero-order valence-electron chi connectivity index (χ0n) is 19.1. The van der Waals surface area contributed by atoms with Gasteiger partial charge in [-0.2, -0.15) is 0 Å². The fourth-order valence-electron chi connectivity index (χ4n) is 2.98. The number of benzene rings is 2. The molecule has 6 nitrogen and oxygen atoms in total. The topological polar surface area (TPSA) is 66.0 Å². The number of nitrogens with zero attached hydrogens (tertiary/aromatic N) is 2. The molecule has 0 spiro atoms. The van der Waals surface area contributed by atoms with Crippen LogP contribution in [0.1, 0.15) is 43.4 Å². The Morgan fingerprint density at radius 2 is 1.68 bits per heavy atom. The molecule has 170 valence electrons. The number of hydrogen-bond donors (Lipinski definition) is 2. The summed E-state index contributed by atoms with van der Waals surface area (Å²) in [4.78, 5) is 18.0. The number of ether oxygens (including phenoxy) is 1. The standard InChI is InChI=1S/C24H34N4O2.HI/c1-18(20-11-13-22(30-5)14-12-20)15-16-25-24(26-17-23(29)28(3)4)27-19(2)21-9-7-6-8-10-21;/h6-14,18-19H,15-17H2,1-5H3,(H2,25,26,27);1H. The largest absolute Gasteiger partial charge is 0.497 e. The third-order valence-corrected chi connectivity index (χ3v) is 5.08. The molecule has 0 heterocycles. The normalized spacial score (nSPS) is 12.9. The molecule has 0 aromatic heterocycles. The predicted octanol–water partition coefficient (Wildman–Crippen LogP) is 4.19. The van der Waals surface area contributed by atoms with Crippen molar-refractivity contribution in [3.8, 4) is 5.75 Å². The van der Waals surface area contributed by atoms with Crippen molar-refractivity contribution < 1.29 is 9.53 Å². The molecule has 0 radical (unpaired) electrons. The number of aliphatic imine (C=N–C) groups is 1. The fraction of sp³-hybridized carbons (Fsp3) is 0.417. The maximum atomic E-state index is 12.0. The van der Waals surface area contributed by atoms with Gasteiger partial charge in [-0.15, -0.1) is 24.0 Å².